The molecule has 0 aliphatic heterocycles. The Bertz CT molecular complexity index is 602. The third-order valence-electron chi connectivity index (χ3n) is 2.85. The van der Waals surface area contributed by atoms with Crippen molar-refractivity contribution in [1.29, 1.82) is 0 Å². The molecule has 21 heavy (non-hydrogen) atoms. The van der Waals surface area contributed by atoms with Crippen molar-refractivity contribution < 1.29 is 43.7 Å². The molecule has 0 amide bonds. The summed E-state index contributed by atoms with van der Waals surface area (Å²) in [4.78, 5) is 14.8. The van der Waals surface area contributed by atoms with Crippen molar-refractivity contribution in [3.63, 3.8) is 0 Å². The van der Waals surface area contributed by atoms with Crippen molar-refractivity contribution in [2.75, 3.05) is 5.75 Å². The largest absolute Gasteiger partial charge is 1.00 e. The van der Waals surface area contributed by atoms with Gasteiger partial charge in [0.2, 0.25) is 0 Å². The van der Waals surface area contributed by atoms with E-state index in [0.29, 0.717) is 10.6 Å². The number of aryl methyl sites for hydroxylation is 1. The average Bonchev–Trinajstić information content (AvgIpc) is 2.48. The van der Waals surface area contributed by atoms with Gasteiger partial charge in [0, 0.05) is 11.9 Å². The van der Waals surface area contributed by atoms with Crippen LogP contribution in [0.25, 0.3) is 0 Å². The molecule has 1 heterocycles. The van der Waals surface area contributed by atoms with E-state index < -0.39 is 16.8 Å². The predicted molar refractivity (Wildman–Crippen MR) is 74.6 cm³/mol. The molecule has 0 saturated heterocycles. The van der Waals surface area contributed by atoms with Gasteiger partial charge >= 0.3 is 29.6 Å². The zero-order chi connectivity index (χ0) is 14.4. The molecule has 2 rings (SSSR count). The number of aromatic nitrogens is 1. The van der Waals surface area contributed by atoms with Gasteiger partial charge in [-0.15, -0.1) is 0 Å². The fraction of sp³-hybridized carbons (Fsp3) is 0.200. The zero-order valence-corrected chi connectivity index (χ0v) is 14.6. The third-order valence-corrected chi connectivity index (χ3v) is 4.27. The summed E-state index contributed by atoms with van der Waals surface area (Å²) in [6, 6.07) is 12.9. The quantitative estimate of drug-likeness (QED) is 0.590. The predicted octanol–water partition coefficient (Wildman–Crippen LogP) is -1.81. The van der Waals surface area contributed by atoms with Gasteiger partial charge in [-0.2, -0.15) is 0 Å². The van der Waals surface area contributed by atoms with E-state index >= 15 is 0 Å². The van der Waals surface area contributed by atoms with Gasteiger partial charge in [-0.3, -0.25) is 9.19 Å². The Balaban J connectivity index is 0.00000220. The summed E-state index contributed by atoms with van der Waals surface area (Å²) in [5.74, 6) is -0.798. The van der Waals surface area contributed by atoms with E-state index in [9.17, 15) is 14.1 Å². The van der Waals surface area contributed by atoms with E-state index in [1.54, 1.807) is 0 Å². The minimum atomic E-state index is -1.33. The second-order valence-corrected chi connectivity index (χ2v) is 5.88. The molecule has 1 aromatic heterocycles. The van der Waals surface area contributed by atoms with Gasteiger partial charge in [0.1, 0.15) is 0 Å². The molecule has 1 atom stereocenters. The molecule has 1 aromatic carbocycles. The molecule has 0 aliphatic rings. The van der Waals surface area contributed by atoms with Gasteiger partial charge in [0.15, 0.2) is 0 Å². The molecular weight excluding hydrogens is 297 g/mol. The number of benzene rings is 1. The molecule has 1 unspecified atom stereocenters. The van der Waals surface area contributed by atoms with Crippen molar-refractivity contribution in [2.45, 2.75) is 17.7 Å². The zero-order valence-electron chi connectivity index (χ0n) is 11.8. The van der Waals surface area contributed by atoms with Crippen molar-refractivity contribution in [3.05, 3.63) is 59.9 Å². The van der Waals surface area contributed by atoms with Gasteiger partial charge in [-0.25, -0.2) is 0 Å². The van der Waals surface area contributed by atoms with Crippen LogP contribution < -0.4 is 34.7 Å². The number of hydrogen-bond donors (Lipinski definition) is 0. The van der Waals surface area contributed by atoms with Gasteiger partial charge < -0.3 is 9.90 Å². The minimum Gasteiger partial charge on any atom is -0.543 e. The van der Waals surface area contributed by atoms with Crippen LogP contribution in [0.1, 0.15) is 22.5 Å². The number of nitrogens with zero attached hydrogens (tertiary/aromatic N) is 1. The summed E-state index contributed by atoms with van der Waals surface area (Å²) >= 11 is 0. The number of pyridine rings is 1. The molecule has 2 aromatic rings. The fourth-order valence-corrected chi connectivity index (χ4v) is 2.84. The minimum absolute atomic E-state index is 0. The summed E-state index contributed by atoms with van der Waals surface area (Å²) in [5, 5.41) is 10.6. The van der Waals surface area contributed by atoms with E-state index in [0.717, 1.165) is 12.8 Å². The van der Waals surface area contributed by atoms with E-state index in [1.165, 1.54) is 23.9 Å². The molecule has 104 valence electrons. The smallest absolute Gasteiger partial charge is 0.543 e. The molecular formula is C15H14NNaO3S. The molecule has 0 saturated carbocycles. The van der Waals surface area contributed by atoms with E-state index in [1.807, 2.05) is 30.3 Å². The average molecular weight is 311 g/mol. The maximum absolute atomic E-state index is 12.0. The van der Waals surface area contributed by atoms with Crippen LogP contribution >= 0.6 is 0 Å². The monoisotopic (exact) mass is 311 g/mol. The Morgan fingerprint density at radius 3 is 2.43 bits per heavy atom. The van der Waals surface area contributed by atoms with Crippen molar-refractivity contribution in [2.24, 2.45) is 0 Å². The van der Waals surface area contributed by atoms with Gasteiger partial charge in [0.05, 0.1) is 27.4 Å². The maximum Gasteiger partial charge on any atom is 1.00 e. The first kappa shape index (κ1) is 18.0. The maximum atomic E-state index is 12.0. The number of rotatable bonds is 6. The second kappa shape index (κ2) is 9.10. The van der Waals surface area contributed by atoms with Crippen LogP contribution in [0.5, 0.6) is 0 Å². The Hall–Kier alpha value is -1.01. The molecule has 6 heteroatoms. The van der Waals surface area contributed by atoms with Crippen molar-refractivity contribution >= 4 is 16.8 Å². The Morgan fingerprint density at radius 2 is 1.86 bits per heavy atom. The molecule has 0 fully saturated rings. The number of carboxylic acid groups (broad SMARTS) is 1. The van der Waals surface area contributed by atoms with Gasteiger partial charge in [-0.05, 0) is 30.5 Å². The van der Waals surface area contributed by atoms with Crippen LogP contribution in [0, 0.1) is 0 Å². The summed E-state index contributed by atoms with van der Waals surface area (Å²) in [6.07, 6.45) is 3.01. The summed E-state index contributed by atoms with van der Waals surface area (Å²) < 4.78 is 12.0. The van der Waals surface area contributed by atoms with Crippen LogP contribution in [0.3, 0.4) is 0 Å². The molecule has 0 bridgehead atoms. The van der Waals surface area contributed by atoms with Crippen LogP contribution in [0.4, 0.5) is 0 Å². The number of carboxylic acids is 1. The Kier molecular flexibility index (Phi) is 7.82. The fourth-order valence-electron chi connectivity index (χ4n) is 1.81. The van der Waals surface area contributed by atoms with Crippen LogP contribution in [0.15, 0.2) is 53.6 Å². The first-order chi connectivity index (χ1) is 9.66. The topological polar surface area (TPSA) is 70.1 Å². The van der Waals surface area contributed by atoms with Crippen LogP contribution in [-0.4, -0.2) is 20.9 Å². The van der Waals surface area contributed by atoms with Gasteiger partial charge in [0.25, 0.3) is 0 Å². The normalized spacial score (nSPS) is 11.4. The van der Waals surface area contributed by atoms with Crippen molar-refractivity contribution in [1.82, 2.24) is 4.98 Å². The van der Waals surface area contributed by atoms with Crippen molar-refractivity contribution in [3.8, 4) is 0 Å². The standard InChI is InChI=1S/C15H15NO3S.Na/c17-15(18)14-9-8-13(11-16-14)20(19)10-4-7-12-5-2-1-3-6-12;/h1-3,5-6,8-9,11H,4,7,10H2,(H,17,18);/q;+1/p-1. The molecule has 0 radical (unpaired) electrons. The third kappa shape index (κ3) is 5.71. The molecule has 0 N–H and O–H groups in total. The number of hydrogen-bond acceptors (Lipinski definition) is 4. The van der Waals surface area contributed by atoms with E-state index in [2.05, 4.69) is 4.98 Å². The molecule has 0 spiro atoms. The second-order valence-electron chi connectivity index (χ2n) is 4.31. The summed E-state index contributed by atoms with van der Waals surface area (Å²) in [5.41, 5.74) is 1.07. The van der Waals surface area contributed by atoms with E-state index in [4.69, 9.17) is 0 Å². The first-order valence-corrected chi connectivity index (χ1v) is 7.58. The van der Waals surface area contributed by atoms with Crippen LogP contribution in [0.2, 0.25) is 0 Å². The van der Waals surface area contributed by atoms with E-state index in [-0.39, 0.29) is 35.3 Å². The number of carbonyl (C=O) groups is 1. The summed E-state index contributed by atoms with van der Waals surface area (Å²) in [7, 11) is -1.15. The Morgan fingerprint density at radius 1 is 1.14 bits per heavy atom. The number of carbonyl (C=O) groups excluding carboxylic acids is 1. The SMILES string of the molecule is O=C([O-])c1ccc(S(=O)CCCc2ccccc2)cn1.[Na+]. The molecule has 4 nitrogen and oxygen atoms in total. The first-order valence-electron chi connectivity index (χ1n) is 6.26. The Labute approximate surface area is 148 Å². The van der Waals surface area contributed by atoms with Crippen LogP contribution in [-0.2, 0) is 17.2 Å². The van der Waals surface area contributed by atoms with Gasteiger partial charge in [-0.1, -0.05) is 30.3 Å². The number of aromatic carboxylic acids is 1. The molecule has 0 aliphatic carbocycles. The summed E-state index contributed by atoms with van der Waals surface area (Å²) in [6.45, 7) is 0.